The summed E-state index contributed by atoms with van der Waals surface area (Å²) in [6, 6.07) is 8.32. The molecule has 1 heterocycles. The normalized spacial score (nSPS) is 11.5. The molecule has 0 fully saturated rings. The highest BCUT2D eigenvalue weighted by Crippen LogP contribution is 2.19. The van der Waals surface area contributed by atoms with E-state index in [1.807, 2.05) is 13.1 Å². The number of rotatable bonds is 6. The predicted molar refractivity (Wildman–Crippen MR) is 76.4 cm³/mol. The van der Waals surface area contributed by atoms with Crippen LogP contribution in [-0.2, 0) is 23.5 Å². The molecular weight excluding hydrogens is 278 g/mol. The van der Waals surface area contributed by atoms with Gasteiger partial charge in [-0.25, -0.2) is 13.1 Å². The lowest BCUT2D eigenvalue weighted by atomic mass is 10.3. The number of hydrogen-bond acceptors (Lipinski definition) is 5. The average Bonchev–Trinajstić information content (AvgIpc) is 2.84. The summed E-state index contributed by atoms with van der Waals surface area (Å²) in [4.78, 5) is 0.132. The van der Waals surface area contributed by atoms with Crippen LogP contribution in [0.15, 0.2) is 41.4 Å². The van der Waals surface area contributed by atoms with Gasteiger partial charge in [0.25, 0.3) is 0 Å². The third-order valence-corrected chi connectivity index (χ3v) is 4.45. The van der Waals surface area contributed by atoms with Gasteiger partial charge in [-0.15, -0.1) is 0 Å². The summed E-state index contributed by atoms with van der Waals surface area (Å²) in [5, 5.41) is 4.03. The number of nitrogens with one attached hydrogen (secondary N) is 2. The summed E-state index contributed by atoms with van der Waals surface area (Å²) in [7, 11) is -1.77. The Hall–Kier alpha value is -1.90. The van der Waals surface area contributed by atoms with Crippen LogP contribution >= 0.6 is 0 Å². The number of hydrazine groups is 1. The van der Waals surface area contributed by atoms with Gasteiger partial charge in [-0.2, -0.15) is 5.10 Å². The number of aryl methyl sites for hydroxylation is 1. The maximum Gasteiger partial charge on any atom is 0.242 e. The first-order valence-electron chi connectivity index (χ1n) is 6.07. The number of benzene rings is 1. The van der Waals surface area contributed by atoms with E-state index in [9.17, 15) is 8.42 Å². The number of aromatic nitrogens is 2. The minimum atomic E-state index is -3.59. The van der Waals surface area contributed by atoms with E-state index in [1.165, 1.54) is 6.07 Å². The summed E-state index contributed by atoms with van der Waals surface area (Å²) >= 11 is 0. The van der Waals surface area contributed by atoms with Crippen molar-refractivity contribution in [1.29, 1.82) is 0 Å². The van der Waals surface area contributed by atoms with Gasteiger partial charge >= 0.3 is 0 Å². The topological polar surface area (TPSA) is 102 Å². The summed E-state index contributed by atoms with van der Waals surface area (Å²) in [6.07, 6.45) is 2.24. The molecule has 0 aliphatic rings. The number of hydrogen-bond donors (Lipinski definition) is 3. The van der Waals surface area contributed by atoms with Crippen molar-refractivity contribution < 1.29 is 8.42 Å². The van der Waals surface area contributed by atoms with E-state index in [1.54, 1.807) is 29.1 Å². The molecule has 0 unspecified atom stereocenters. The summed E-state index contributed by atoms with van der Waals surface area (Å²) in [5.74, 6) is 5.32. The number of nitrogen functional groups attached to an aromatic ring is 1. The maximum absolute atomic E-state index is 12.2. The molecule has 1 aromatic carbocycles. The zero-order valence-electron chi connectivity index (χ0n) is 11.1. The zero-order valence-corrected chi connectivity index (χ0v) is 11.9. The third kappa shape index (κ3) is 3.16. The van der Waals surface area contributed by atoms with Gasteiger partial charge in [0.1, 0.15) is 4.90 Å². The smallest absolute Gasteiger partial charge is 0.242 e. The van der Waals surface area contributed by atoms with E-state index in [4.69, 9.17) is 5.84 Å². The van der Waals surface area contributed by atoms with Gasteiger partial charge in [0.15, 0.2) is 0 Å². The lowest BCUT2D eigenvalue weighted by Crippen LogP contribution is -2.27. The Balaban J connectivity index is 2.06. The van der Waals surface area contributed by atoms with Gasteiger partial charge in [-0.1, -0.05) is 12.1 Å². The van der Waals surface area contributed by atoms with Crippen LogP contribution in [0.2, 0.25) is 0 Å². The van der Waals surface area contributed by atoms with Crippen LogP contribution in [0.3, 0.4) is 0 Å². The van der Waals surface area contributed by atoms with Gasteiger partial charge in [-0.05, 0) is 18.2 Å². The molecule has 2 aromatic rings. The fourth-order valence-electron chi connectivity index (χ4n) is 1.86. The predicted octanol–water partition coefficient (Wildman–Crippen LogP) is 0.227. The van der Waals surface area contributed by atoms with Crippen molar-refractivity contribution in [1.82, 2.24) is 14.5 Å². The minimum absolute atomic E-state index is 0.132. The van der Waals surface area contributed by atoms with Crippen LogP contribution in [0.5, 0.6) is 0 Å². The molecule has 2 rings (SSSR count). The molecular formula is C12H17N5O2S. The molecule has 0 saturated carbocycles. The van der Waals surface area contributed by atoms with Crippen LogP contribution < -0.4 is 16.0 Å². The van der Waals surface area contributed by atoms with E-state index in [0.29, 0.717) is 18.7 Å². The average molecular weight is 295 g/mol. The van der Waals surface area contributed by atoms with Gasteiger partial charge < -0.3 is 5.43 Å². The molecule has 8 heteroatoms. The molecule has 0 aliphatic carbocycles. The van der Waals surface area contributed by atoms with Crippen molar-refractivity contribution in [2.45, 2.75) is 11.3 Å². The highest BCUT2D eigenvalue weighted by atomic mass is 32.2. The molecule has 108 valence electrons. The van der Waals surface area contributed by atoms with Crippen molar-refractivity contribution >= 4 is 15.7 Å². The second-order valence-electron chi connectivity index (χ2n) is 4.23. The largest absolute Gasteiger partial charge is 0.323 e. The monoisotopic (exact) mass is 295 g/mol. The van der Waals surface area contributed by atoms with Crippen LogP contribution in [0.1, 0.15) is 5.69 Å². The Morgan fingerprint density at radius 2 is 2.05 bits per heavy atom. The highest BCUT2D eigenvalue weighted by Gasteiger charge is 2.17. The third-order valence-electron chi connectivity index (χ3n) is 2.93. The Labute approximate surface area is 117 Å². The molecule has 0 bridgehead atoms. The van der Waals surface area contributed by atoms with E-state index in [2.05, 4.69) is 15.2 Å². The number of nitrogens with two attached hydrogens (primary N) is 1. The number of nitrogens with zero attached hydrogens (tertiary/aromatic N) is 2. The Bertz CT molecular complexity index is 681. The van der Waals surface area contributed by atoms with Gasteiger partial charge in [0.05, 0.1) is 5.69 Å². The second-order valence-corrected chi connectivity index (χ2v) is 5.97. The summed E-state index contributed by atoms with van der Waals surface area (Å²) in [5.41, 5.74) is 3.70. The SMILES string of the molecule is Cn1nccc1CCNS(=O)(=O)c1ccccc1NN. The van der Waals surface area contributed by atoms with E-state index in [-0.39, 0.29) is 4.90 Å². The number of sulfonamides is 1. The molecule has 20 heavy (non-hydrogen) atoms. The van der Waals surface area contributed by atoms with Crippen molar-refractivity contribution in [2.24, 2.45) is 12.9 Å². The first-order valence-corrected chi connectivity index (χ1v) is 7.55. The molecule has 0 atom stereocenters. The molecule has 0 amide bonds. The van der Waals surface area contributed by atoms with Gasteiger partial charge in [0.2, 0.25) is 10.0 Å². The van der Waals surface area contributed by atoms with E-state index >= 15 is 0 Å². The van der Waals surface area contributed by atoms with Crippen LogP contribution in [0, 0.1) is 0 Å². The number of para-hydroxylation sites is 1. The second kappa shape index (κ2) is 6.04. The molecule has 1 aromatic heterocycles. The Kier molecular flexibility index (Phi) is 4.38. The number of anilines is 1. The molecule has 0 spiro atoms. The first-order chi connectivity index (χ1) is 9.54. The van der Waals surface area contributed by atoms with Crippen molar-refractivity contribution in [3.8, 4) is 0 Å². The summed E-state index contributed by atoms with van der Waals surface area (Å²) < 4.78 is 28.7. The molecule has 0 aliphatic heterocycles. The van der Waals surface area contributed by atoms with Crippen molar-refractivity contribution in [2.75, 3.05) is 12.0 Å². The van der Waals surface area contributed by atoms with Gasteiger partial charge in [0, 0.05) is 31.9 Å². The van der Waals surface area contributed by atoms with Crippen LogP contribution in [0.4, 0.5) is 5.69 Å². The lowest BCUT2D eigenvalue weighted by Gasteiger charge is -2.10. The Morgan fingerprint density at radius 3 is 2.70 bits per heavy atom. The van der Waals surface area contributed by atoms with E-state index in [0.717, 1.165) is 5.69 Å². The molecule has 0 saturated heterocycles. The maximum atomic E-state index is 12.2. The van der Waals surface area contributed by atoms with E-state index < -0.39 is 10.0 Å². The summed E-state index contributed by atoms with van der Waals surface area (Å²) in [6.45, 7) is 0.292. The first kappa shape index (κ1) is 14.5. The van der Waals surface area contributed by atoms with Crippen LogP contribution in [0.25, 0.3) is 0 Å². The lowest BCUT2D eigenvalue weighted by molar-refractivity contribution is 0.580. The minimum Gasteiger partial charge on any atom is -0.323 e. The quantitative estimate of drug-likeness (QED) is 0.523. The fraction of sp³-hybridized carbons (Fsp3) is 0.250. The standard InChI is InChI=1S/C12H17N5O2S/c1-17-10(6-8-14-17)7-9-15-20(18,19)12-5-3-2-4-11(12)16-13/h2-6,8,15-16H,7,9,13H2,1H3. The highest BCUT2D eigenvalue weighted by molar-refractivity contribution is 7.89. The fourth-order valence-corrected chi connectivity index (χ4v) is 3.06. The molecule has 4 N–H and O–H groups in total. The Morgan fingerprint density at radius 1 is 1.30 bits per heavy atom. The zero-order chi connectivity index (χ0) is 14.6. The van der Waals surface area contributed by atoms with Gasteiger partial charge in [-0.3, -0.25) is 10.5 Å². The molecule has 0 radical (unpaired) electrons. The molecule has 7 nitrogen and oxygen atoms in total. The van der Waals surface area contributed by atoms with Crippen molar-refractivity contribution in [3.63, 3.8) is 0 Å². The van der Waals surface area contributed by atoms with Crippen molar-refractivity contribution in [3.05, 3.63) is 42.2 Å². The van der Waals surface area contributed by atoms with Crippen LogP contribution in [-0.4, -0.2) is 24.7 Å².